The van der Waals surface area contributed by atoms with E-state index in [1.54, 1.807) is 13.8 Å². The van der Waals surface area contributed by atoms with Crippen LogP contribution in [0.2, 0.25) is 0 Å². The number of sulfone groups is 1. The van der Waals surface area contributed by atoms with Crippen LogP contribution in [0.4, 0.5) is 0 Å². The molecule has 0 spiro atoms. The van der Waals surface area contributed by atoms with Crippen molar-refractivity contribution in [1.82, 2.24) is 0 Å². The van der Waals surface area contributed by atoms with E-state index >= 15 is 0 Å². The van der Waals surface area contributed by atoms with Gasteiger partial charge in [-0.1, -0.05) is 13.0 Å². The molecule has 0 aliphatic carbocycles. The van der Waals surface area contributed by atoms with E-state index in [4.69, 9.17) is 10.2 Å². The highest BCUT2D eigenvalue weighted by Gasteiger charge is 2.20. The zero-order valence-electron chi connectivity index (χ0n) is 10.3. The number of rotatable bonds is 5. The Hall–Kier alpha value is -1.40. The number of aliphatic hydroxyl groups excluding tert-OH is 1. The number of hydrogen-bond donors (Lipinski definition) is 2. The molecule has 0 radical (unpaired) electrons. The minimum atomic E-state index is -3.57. The van der Waals surface area contributed by atoms with Crippen LogP contribution in [0.5, 0.6) is 0 Å². The molecule has 0 saturated heterocycles. The topological polar surface area (TPSA) is 91.7 Å². The maximum Gasteiger partial charge on any atom is 0.335 e. The average Bonchev–Trinajstić information content (AvgIpc) is 2.28. The fourth-order valence-corrected chi connectivity index (χ4v) is 3.17. The summed E-state index contributed by atoms with van der Waals surface area (Å²) < 4.78 is 24.0. The van der Waals surface area contributed by atoms with Gasteiger partial charge in [0.2, 0.25) is 0 Å². The maximum atomic E-state index is 12.0. The molecule has 0 aromatic heterocycles. The van der Waals surface area contributed by atoms with Crippen LogP contribution in [0.1, 0.15) is 22.8 Å². The summed E-state index contributed by atoms with van der Waals surface area (Å²) in [6.07, 6.45) is 0. The molecular weight excluding hydrogens is 256 g/mol. The number of carbonyl (C=O) groups is 1. The van der Waals surface area contributed by atoms with Gasteiger partial charge in [0.25, 0.3) is 0 Å². The summed E-state index contributed by atoms with van der Waals surface area (Å²) in [6, 6.07) is 4.03. The van der Waals surface area contributed by atoms with E-state index in [1.807, 2.05) is 0 Å². The molecule has 18 heavy (non-hydrogen) atoms. The Kier molecular flexibility index (Phi) is 4.48. The summed E-state index contributed by atoms with van der Waals surface area (Å²) >= 11 is 0. The molecule has 1 aromatic rings. The molecule has 6 heteroatoms. The summed E-state index contributed by atoms with van der Waals surface area (Å²) in [6.45, 7) is 3.00. The molecule has 0 heterocycles. The monoisotopic (exact) mass is 272 g/mol. The van der Waals surface area contributed by atoms with Crippen molar-refractivity contribution in [2.45, 2.75) is 18.7 Å². The van der Waals surface area contributed by atoms with Gasteiger partial charge in [0.15, 0.2) is 9.84 Å². The third kappa shape index (κ3) is 3.30. The molecule has 0 bridgehead atoms. The fourth-order valence-electron chi connectivity index (χ4n) is 1.55. The van der Waals surface area contributed by atoms with E-state index in [2.05, 4.69) is 0 Å². The Labute approximate surface area is 106 Å². The highest BCUT2D eigenvalue weighted by Crippen LogP contribution is 2.18. The van der Waals surface area contributed by atoms with Gasteiger partial charge in [0.1, 0.15) is 0 Å². The molecule has 5 nitrogen and oxygen atoms in total. The number of carboxylic acid groups (broad SMARTS) is 1. The van der Waals surface area contributed by atoms with Crippen molar-refractivity contribution in [2.75, 3.05) is 12.4 Å². The van der Waals surface area contributed by atoms with Crippen LogP contribution in [0.25, 0.3) is 0 Å². The highest BCUT2D eigenvalue weighted by atomic mass is 32.2. The van der Waals surface area contributed by atoms with Gasteiger partial charge in [0.05, 0.1) is 16.2 Å². The quantitative estimate of drug-likeness (QED) is 0.837. The van der Waals surface area contributed by atoms with E-state index in [1.165, 1.54) is 12.1 Å². The third-order valence-corrected chi connectivity index (χ3v) is 4.59. The third-order valence-electron chi connectivity index (χ3n) is 2.61. The normalized spacial score (nSPS) is 13.3. The lowest BCUT2D eigenvalue weighted by Gasteiger charge is -2.10. The van der Waals surface area contributed by atoms with Gasteiger partial charge in [-0.15, -0.1) is 0 Å². The van der Waals surface area contributed by atoms with Gasteiger partial charge in [-0.2, -0.15) is 0 Å². The van der Waals surface area contributed by atoms with Crippen LogP contribution < -0.4 is 0 Å². The van der Waals surface area contributed by atoms with Crippen molar-refractivity contribution in [2.24, 2.45) is 5.92 Å². The van der Waals surface area contributed by atoms with E-state index in [-0.39, 0.29) is 28.7 Å². The fraction of sp³-hybridized carbons (Fsp3) is 0.417. The molecule has 0 aliphatic rings. The Bertz CT molecular complexity index is 548. The van der Waals surface area contributed by atoms with Gasteiger partial charge < -0.3 is 10.2 Å². The minimum absolute atomic E-state index is 0.0206. The summed E-state index contributed by atoms with van der Waals surface area (Å²) in [5.41, 5.74) is 0.490. The van der Waals surface area contributed by atoms with Gasteiger partial charge in [-0.05, 0) is 30.5 Å². The van der Waals surface area contributed by atoms with Crippen molar-refractivity contribution < 1.29 is 23.4 Å². The largest absolute Gasteiger partial charge is 0.478 e. The SMILES string of the molecule is Cc1ccc(S(=O)(=O)CC(C)CO)cc1C(=O)O. The summed E-state index contributed by atoms with van der Waals surface area (Å²) in [4.78, 5) is 10.9. The van der Waals surface area contributed by atoms with E-state index < -0.39 is 15.8 Å². The second kappa shape index (κ2) is 5.49. The van der Waals surface area contributed by atoms with Crippen LogP contribution in [-0.2, 0) is 9.84 Å². The second-order valence-electron chi connectivity index (χ2n) is 4.35. The van der Waals surface area contributed by atoms with E-state index in [0.717, 1.165) is 6.07 Å². The van der Waals surface area contributed by atoms with Crippen molar-refractivity contribution >= 4 is 15.8 Å². The molecule has 1 atom stereocenters. The Balaban J connectivity index is 3.18. The number of carboxylic acids is 1. The van der Waals surface area contributed by atoms with Crippen LogP contribution in [0, 0.1) is 12.8 Å². The molecule has 1 unspecified atom stereocenters. The van der Waals surface area contributed by atoms with Gasteiger partial charge in [-0.3, -0.25) is 0 Å². The van der Waals surface area contributed by atoms with Crippen LogP contribution in [0.15, 0.2) is 23.1 Å². The second-order valence-corrected chi connectivity index (χ2v) is 6.39. The number of benzene rings is 1. The molecule has 1 rings (SSSR count). The lowest BCUT2D eigenvalue weighted by atomic mass is 10.1. The van der Waals surface area contributed by atoms with Crippen LogP contribution in [0.3, 0.4) is 0 Å². The van der Waals surface area contributed by atoms with Gasteiger partial charge >= 0.3 is 5.97 Å². The summed E-state index contributed by atoms with van der Waals surface area (Å²) in [5, 5.41) is 17.8. The van der Waals surface area contributed by atoms with E-state index in [0.29, 0.717) is 5.56 Å². The molecule has 0 amide bonds. The average molecular weight is 272 g/mol. The maximum absolute atomic E-state index is 12.0. The Morgan fingerprint density at radius 3 is 2.50 bits per heavy atom. The van der Waals surface area contributed by atoms with Crippen molar-refractivity contribution in [3.63, 3.8) is 0 Å². The van der Waals surface area contributed by atoms with Crippen LogP contribution >= 0.6 is 0 Å². The first-order valence-electron chi connectivity index (χ1n) is 5.45. The smallest absolute Gasteiger partial charge is 0.335 e. The summed E-state index contributed by atoms with van der Waals surface area (Å²) in [5.74, 6) is -1.74. The summed E-state index contributed by atoms with van der Waals surface area (Å²) in [7, 11) is -3.57. The lowest BCUT2D eigenvalue weighted by Crippen LogP contribution is -2.17. The molecule has 100 valence electrons. The van der Waals surface area contributed by atoms with Crippen LogP contribution in [-0.4, -0.2) is 37.0 Å². The predicted octanol–water partition coefficient (Wildman–Crippen LogP) is 1.10. The highest BCUT2D eigenvalue weighted by molar-refractivity contribution is 7.91. The van der Waals surface area contributed by atoms with E-state index in [9.17, 15) is 13.2 Å². The number of aliphatic hydroxyl groups is 1. The van der Waals surface area contributed by atoms with Crippen molar-refractivity contribution in [1.29, 1.82) is 0 Å². The molecule has 0 aliphatic heterocycles. The lowest BCUT2D eigenvalue weighted by molar-refractivity contribution is 0.0696. The zero-order chi connectivity index (χ0) is 13.9. The Morgan fingerprint density at radius 2 is 2.00 bits per heavy atom. The first kappa shape index (κ1) is 14.7. The molecule has 0 fully saturated rings. The zero-order valence-corrected chi connectivity index (χ0v) is 11.1. The first-order valence-corrected chi connectivity index (χ1v) is 7.10. The molecular formula is C12H16O5S. The van der Waals surface area contributed by atoms with Crippen molar-refractivity contribution in [3.05, 3.63) is 29.3 Å². The molecule has 0 saturated carbocycles. The predicted molar refractivity (Wildman–Crippen MR) is 66.4 cm³/mol. The number of hydrogen-bond acceptors (Lipinski definition) is 4. The Morgan fingerprint density at radius 1 is 1.39 bits per heavy atom. The molecule has 1 aromatic carbocycles. The standard InChI is InChI=1S/C12H16O5S/c1-8(6-13)7-18(16,17)10-4-3-9(2)11(5-10)12(14)15/h3-5,8,13H,6-7H2,1-2H3,(H,14,15). The molecule has 2 N–H and O–H groups in total. The first-order chi connectivity index (χ1) is 8.27. The number of aryl methyl sites for hydroxylation is 1. The van der Waals surface area contributed by atoms with Gasteiger partial charge in [-0.25, -0.2) is 13.2 Å². The minimum Gasteiger partial charge on any atom is -0.478 e. The number of aromatic carboxylic acids is 1. The van der Waals surface area contributed by atoms with Crippen molar-refractivity contribution in [3.8, 4) is 0 Å². The van der Waals surface area contributed by atoms with Gasteiger partial charge in [0, 0.05) is 6.61 Å².